The standard InChI is InChI=1S/C15H21N3S/c19-15-14-9-13(10-18(14)17-11-16-15)12-7-5-3-1-2-4-6-8-12/h9-12H,1-8H2,(H,16,17,19). The second-order valence-electron chi connectivity index (χ2n) is 5.58. The van der Waals surface area contributed by atoms with Crippen LogP contribution in [-0.2, 0) is 0 Å². The summed E-state index contributed by atoms with van der Waals surface area (Å²) >= 11 is 4.41. The highest BCUT2D eigenvalue weighted by molar-refractivity contribution is 7.80. The van der Waals surface area contributed by atoms with E-state index >= 15 is 0 Å². The average Bonchev–Trinajstić information content (AvgIpc) is 2.88. The molecule has 0 N–H and O–H groups in total. The van der Waals surface area contributed by atoms with Gasteiger partial charge in [0.05, 0.1) is 5.52 Å². The zero-order valence-corrected chi connectivity index (χ0v) is 12.1. The van der Waals surface area contributed by atoms with Gasteiger partial charge in [-0.15, -0.1) is 12.6 Å². The average molecular weight is 275 g/mol. The predicted octanol–water partition coefficient (Wildman–Crippen LogP) is 4.24. The maximum absolute atomic E-state index is 4.41. The molecule has 1 saturated carbocycles. The second kappa shape index (κ2) is 5.95. The quantitative estimate of drug-likeness (QED) is 0.789. The lowest BCUT2D eigenvalue weighted by molar-refractivity contribution is 0.539. The highest BCUT2D eigenvalue weighted by Gasteiger charge is 2.15. The zero-order chi connectivity index (χ0) is 13.1. The Kier molecular flexibility index (Phi) is 4.06. The lowest BCUT2D eigenvalue weighted by Crippen LogP contribution is -1.97. The van der Waals surface area contributed by atoms with E-state index in [2.05, 4.69) is 35.0 Å². The molecule has 0 spiro atoms. The largest absolute Gasteiger partial charge is 0.237 e. The second-order valence-corrected chi connectivity index (χ2v) is 6.01. The fourth-order valence-electron chi connectivity index (χ4n) is 3.13. The first-order valence-electron chi connectivity index (χ1n) is 7.37. The molecule has 0 bridgehead atoms. The van der Waals surface area contributed by atoms with Crippen molar-refractivity contribution >= 4 is 18.1 Å². The van der Waals surface area contributed by atoms with Crippen molar-refractivity contribution in [3.05, 3.63) is 24.2 Å². The molecule has 4 heteroatoms. The maximum Gasteiger partial charge on any atom is 0.137 e. The zero-order valence-electron chi connectivity index (χ0n) is 11.3. The molecule has 2 aromatic heterocycles. The van der Waals surface area contributed by atoms with Crippen molar-refractivity contribution in [3.63, 3.8) is 0 Å². The third-order valence-electron chi connectivity index (χ3n) is 4.23. The van der Waals surface area contributed by atoms with Crippen LogP contribution in [0.25, 0.3) is 5.52 Å². The van der Waals surface area contributed by atoms with E-state index in [1.807, 2.05) is 4.52 Å². The smallest absolute Gasteiger partial charge is 0.137 e. The van der Waals surface area contributed by atoms with Gasteiger partial charge in [-0.3, -0.25) is 0 Å². The molecule has 2 aromatic rings. The number of nitrogens with zero attached hydrogens (tertiary/aromatic N) is 3. The number of aromatic nitrogens is 3. The third-order valence-corrected chi connectivity index (χ3v) is 4.58. The molecule has 0 saturated heterocycles. The van der Waals surface area contributed by atoms with Crippen LogP contribution in [0.4, 0.5) is 0 Å². The Hall–Kier alpha value is -1.03. The molecule has 3 nitrogen and oxygen atoms in total. The fourth-order valence-corrected chi connectivity index (χ4v) is 3.34. The van der Waals surface area contributed by atoms with E-state index in [0.717, 1.165) is 10.5 Å². The first kappa shape index (κ1) is 13.0. The number of rotatable bonds is 1. The molecular formula is C15H21N3S. The summed E-state index contributed by atoms with van der Waals surface area (Å²) in [6.45, 7) is 0. The molecule has 0 atom stereocenters. The van der Waals surface area contributed by atoms with E-state index in [9.17, 15) is 0 Å². The minimum Gasteiger partial charge on any atom is -0.237 e. The number of fused-ring (bicyclic) bond motifs is 1. The summed E-state index contributed by atoms with van der Waals surface area (Å²) in [5.41, 5.74) is 2.44. The van der Waals surface area contributed by atoms with Gasteiger partial charge in [0.15, 0.2) is 0 Å². The van der Waals surface area contributed by atoms with Gasteiger partial charge in [0, 0.05) is 6.20 Å². The van der Waals surface area contributed by atoms with E-state index in [4.69, 9.17) is 0 Å². The first-order valence-corrected chi connectivity index (χ1v) is 7.81. The Morgan fingerprint density at radius 2 is 1.74 bits per heavy atom. The van der Waals surface area contributed by atoms with Gasteiger partial charge in [0.25, 0.3) is 0 Å². The Bertz CT molecular complexity index is 539. The predicted molar refractivity (Wildman–Crippen MR) is 79.9 cm³/mol. The Morgan fingerprint density at radius 1 is 1.05 bits per heavy atom. The molecule has 1 aliphatic carbocycles. The fraction of sp³-hybridized carbons (Fsp3) is 0.600. The van der Waals surface area contributed by atoms with E-state index < -0.39 is 0 Å². The molecule has 19 heavy (non-hydrogen) atoms. The summed E-state index contributed by atoms with van der Waals surface area (Å²) < 4.78 is 1.91. The van der Waals surface area contributed by atoms with Gasteiger partial charge in [-0.05, 0) is 30.4 Å². The van der Waals surface area contributed by atoms with E-state index in [1.54, 1.807) is 6.33 Å². The van der Waals surface area contributed by atoms with Gasteiger partial charge in [-0.2, -0.15) is 5.10 Å². The van der Waals surface area contributed by atoms with Crippen molar-refractivity contribution < 1.29 is 0 Å². The molecular weight excluding hydrogens is 254 g/mol. The third kappa shape index (κ3) is 2.94. The van der Waals surface area contributed by atoms with Crippen LogP contribution in [0.1, 0.15) is 62.8 Å². The monoisotopic (exact) mass is 275 g/mol. The van der Waals surface area contributed by atoms with Crippen LogP contribution in [0, 0.1) is 0 Å². The van der Waals surface area contributed by atoms with Gasteiger partial charge in [-0.1, -0.05) is 38.5 Å². The summed E-state index contributed by atoms with van der Waals surface area (Å²) in [5.74, 6) is 0.688. The summed E-state index contributed by atoms with van der Waals surface area (Å²) in [5, 5.41) is 5.04. The van der Waals surface area contributed by atoms with Gasteiger partial charge >= 0.3 is 0 Å². The summed E-state index contributed by atoms with van der Waals surface area (Å²) in [6.07, 6.45) is 14.7. The minimum absolute atomic E-state index is 0.688. The van der Waals surface area contributed by atoms with Crippen molar-refractivity contribution in [1.29, 1.82) is 0 Å². The summed E-state index contributed by atoms with van der Waals surface area (Å²) in [6, 6.07) is 2.23. The van der Waals surface area contributed by atoms with Crippen molar-refractivity contribution in [2.75, 3.05) is 0 Å². The van der Waals surface area contributed by atoms with Gasteiger partial charge in [0.1, 0.15) is 11.4 Å². The molecule has 1 fully saturated rings. The van der Waals surface area contributed by atoms with E-state index in [1.165, 1.54) is 56.9 Å². The molecule has 0 radical (unpaired) electrons. The van der Waals surface area contributed by atoms with Crippen LogP contribution in [0.2, 0.25) is 0 Å². The Labute approximate surface area is 119 Å². The van der Waals surface area contributed by atoms with Gasteiger partial charge in [-0.25, -0.2) is 9.50 Å². The topological polar surface area (TPSA) is 30.2 Å². The van der Waals surface area contributed by atoms with Crippen molar-refractivity contribution in [2.24, 2.45) is 0 Å². The molecule has 0 unspecified atom stereocenters. The van der Waals surface area contributed by atoms with Crippen LogP contribution < -0.4 is 0 Å². The number of hydrogen-bond donors (Lipinski definition) is 1. The van der Waals surface area contributed by atoms with Crippen molar-refractivity contribution in [2.45, 2.75) is 62.3 Å². The molecule has 2 heterocycles. The minimum atomic E-state index is 0.688. The Morgan fingerprint density at radius 3 is 2.42 bits per heavy atom. The normalized spacial score (nSPS) is 19.0. The molecule has 0 aromatic carbocycles. The summed E-state index contributed by atoms with van der Waals surface area (Å²) in [7, 11) is 0. The van der Waals surface area contributed by atoms with Crippen LogP contribution >= 0.6 is 12.6 Å². The van der Waals surface area contributed by atoms with Gasteiger partial charge < -0.3 is 0 Å². The van der Waals surface area contributed by atoms with Crippen LogP contribution in [0.15, 0.2) is 23.6 Å². The van der Waals surface area contributed by atoms with Crippen LogP contribution in [-0.4, -0.2) is 14.6 Å². The molecule has 1 aliphatic rings. The molecule has 0 amide bonds. The van der Waals surface area contributed by atoms with Gasteiger partial charge in [0.2, 0.25) is 0 Å². The first-order chi connectivity index (χ1) is 9.34. The summed E-state index contributed by atoms with van der Waals surface area (Å²) in [4.78, 5) is 4.15. The van der Waals surface area contributed by atoms with Crippen molar-refractivity contribution in [3.8, 4) is 0 Å². The van der Waals surface area contributed by atoms with Crippen LogP contribution in [0.3, 0.4) is 0 Å². The number of hydrogen-bond acceptors (Lipinski definition) is 3. The van der Waals surface area contributed by atoms with Crippen LogP contribution in [0.5, 0.6) is 0 Å². The molecule has 102 valence electrons. The van der Waals surface area contributed by atoms with E-state index in [0.29, 0.717) is 5.92 Å². The number of thiol groups is 1. The van der Waals surface area contributed by atoms with E-state index in [-0.39, 0.29) is 0 Å². The highest BCUT2D eigenvalue weighted by Crippen LogP contribution is 2.32. The molecule has 3 rings (SSSR count). The lowest BCUT2D eigenvalue weighted by Gasteiger charge is -2.13. The molecule has 0 aliphatic heterocycles. The maximum atomic E-state index is 4.41. The van der Waals surface area contributed by atoms with Crippen molar-refractivity contribution in [1.82, 2.24) is 14.6 Å². The highest BCUT2D eigenvalue weighted by atomic mass is 32.1. The lowest BCUT2D eigenvalue weighted by atomic mass is 9.91. The Balaban J connectivity index is 1.86. The SMILES string of the molecule is Sc1ncnn2cc(C3CCCCCCCC3)cc12.